The van der Waals surface area contributed by atoms with Crippen LogP contribution in [-0.4, -0.2) is 14.3 Å². The molecule has 0 bridgehead atoms. The van der Waals surface area contributed by atoms with E-state index in [4.69, 9.17) is 11.6 Å². The van der Waals surface area contributed by atoms with Crippen molar-refractivity contribution in [2.75, 3.05) is 4.72 Å². The van der Waals surface area contributed by atoms with Gasteiger partial charge in [0.25, 0.3) is 15.9 Å². The summed E-state index contributed by atoms with van der Waals surface area (Å²) in [5.41, 5.74) is 4.47. The minimum atomic E-state index is -3.78. The van der Waals surface area contributed by atoms with Crippen molar-refractivity contribution in [3.63, 3.8) is 0 Å². The van der Waals surface area contributed by atoms with E-state index in [0.29, 0.717) is 0 Å². The highest BCUT2D eigenvalue weighted by Gasteiger charge is 2.20. The lowest BCUT2D eigenvalue weighted by atomic mass is 9.97. The van der Waals surface area contributed by atoms with Gasteiger partial charge in [-0.05, 0) is 55.3 Å². The van der Waals surface area contributed by atoms with Crippen LogP contribution >= 0.6 is 11.6 Å². The lowest BCUT2D eigenvalue weighted by Crippen LogP contribution is -2.29. The van der Waals surface area contributed by atoms with Gasteiger partial charge in [0.2, 0.25) is 0 Å². The predicted molar refractivity (Wildman–Crippen MR) is 140 cm³/mol. The molecule has 0 aliphatic heterocycles. The van der Waals surface area contributed by atoms with Gasteiger partial charge in [-0.2, -0.15) is 0 Å². The van der Waals surface area contributed by atoms with Gasteiger partial charge in [-0.1, -0.05) is 89.5 Å². The second-order valence-electron chi connectivity index (χ2n) is 8.34. The number of hydrogen-bond acceptors (Lipinski definition) is 3. The number of benzene rings is 4. The van der Waals surface area contributed by atoms with Gasteiger partial charge in [0, 0.05) is 0 Å². The molecule has 0 saturated heterocycles. The Labute approximate surface area is 210 Å². The predicted octanol–water partition coefficient (Wildman–Crippen LogP) is 6.28. The molecule has 0 aliphatic rings. The van der Waals surface area contributed by atoms with Crippen LogP contribution in [0, 0.1) is 13.8 Å². The van der Waals surface area contributed by atoms with Crippen molar-refractivity contribution in [2.24, 2.45) is 0 Å². The SMILES string of the molecule is Cc1ccc([C@@H](NC(=O)c2ccc(NS(=O)(=O)c3ccc(C)cc3)cc2Cl)c2ccccc2)cc1. The number of nitrogens with one attached hydrogen (secondary N) is 2. The molecule has 0 aromatic heterocycles. The van der Waals surface area contributed by atoms with Gasteiger partial charge >= 0.3 is 0 Å². The third-order valence-corrected chi connectivity index (χ3v) is 7.33. The van der Waals surface area contributed by atoms with E-state index in [2.05, 4.69) is 10.0 Å². The molecule has 0 radical (unpaired) electrons. The summed E-state index contributed by atoms with van der Waals surface area (Å²) in [7, 11) is -3.78. The monoisotopic (exact) mass is 504 g/mol. The van der Waals surface area contributed by atoms with Crippen LogP contribution in [0.5, 0.6) is 0 Å². The van der Waals surface area contributed by atoms with Gasteiger partial charge < -0.3 is 5.32 Å². The molecular weight excluding hydrogens is 480 g/mol. The second kappa shape index (κ2) is 10.3. The van der Waals surface area contributed by atoms with Gasteiger partial charge in [-0.25, -0.2) is 8.42 Å². The Morgan fingerprint density at radius 3 is 1.94 bits per heavy atom. The molecule has 0 heterocycles. The summed E-state index contributed by atoms with van der Waals surface area (Å²) in [4.78, 5) is 13.3. The number of halogens is 1. The van der Waals surface area contributed by atoms with E-state index >= 15 is 0 Å². The summed E-state index contributed by atoms with van der Waals surface area (Å²) >= 11 is 6.42. The summed E-state index contributed by atoms with van der Waals surface area (Å²) in [5, 5.41) is 3.20. The molecule has 4 rings (SSSR count). The van der Waals surface area contributed by atoms with Gasteiger partial charge in [0.15, 0.2) is 0 Å². The Balaban J connectivity index is 1.57. The van der Waals surface area contributed by atoms with E-state index in [9.17, 15) is 13.2 Å². The van der Waals surface area contributed by atoms with Crippen LogP contribution in [0.4, 0.5) is 5.69 Å². The van der Waals surface area contributed by atoms with Gasteiger partial charge in [-0.3, -0.25) is 9.52 Å². The first-order valence-corrected chi connectivity index (χ1v) is 12.9. The molecule has 0 aliphatic carbocycles. The number of carbonyl (C=O) groups excluding carboxylic acids is 1. The normalized spacial score (nSPS) is 12.1. The van der Waals surface area contributed by atoms with E-state index in [1.165, 1.54) is 30.3 Å². The molecule has 0 spiro atoms. The number of hydrogen-bond donors (Lipinski definition) is 2. The summed E-state index contributed by atoms with van der Waals surface area (Å²) in [5.74, 6) is -0.364. The van der Waals surface area contributed by atoms with Crippen LogP contribution in [0.1, 0.15) is 38.7 Å². The van der Waals surface area contributed by atoms with Gasteiger partial charge in [-0.15, -0.1) is 0 Å². The summed E-state index contributed by atoms with van der Waals surface area (Å²) in [6, 6.07) is 28.3. The molecule has 1 atom stereocenters. The van der Waals surface area contributed by atoms with E-state index < -0.39 is 10.0 Å². The minimum absolute atomic E-state index is 0.141. The Hall–Kier alpha value is -3.61. The molecule has 4 aromatic carbocycles. The Bertz CT molecular complexity index is 1440. The molecule has 35 heavy (non-hydrogen) atoms. The fourth-order valence-corrected chi connectivity index (χ4v) is 4.98. The van der Waals surface area contributed by atoms with Crippen molar-refractivity contribution >= 4 is 33.2 Å². The van der Waals surface area contributed by atoms with Crippen LogP contribution in [-0.2, 0) is 10.0 Å². The van der Waals surface area contributed by atoms with Crippen LogP contribution in [0.2, 0.25) is 5.02 Å². The zero-order chi connectivity index (χ0) is 25.0. The highest BCUT2D eigenvalue weighted by atomic mass is 35.5. The van der Waals surface area contributed by atoms with Crippen molar-refractivity contribution in [3.05, 3.63) is 130 Å². The molecule has 4 aromatic rings. The lowest BCUT2D eigenvalue weighted by molar-refractivity contribution is 0.0943. The van der Waals surface area contributed by atoms with Crippen molar-refractivity contribution in [1.29, 1.82) is 0 Å². The number of amides is 1. The third kappa shape index (κ3) is 5.91. The number of rotatable bonds is 7. The smallest absolute Gasteiger partial charge is 0.261 e. The molecule has 0 fully saturated rings. The molecule has 0 unspecified atom stereocenters. The largest absolute Gasteiger partial charge is 0.341 e. The topological polar surface area (TPSA) is 75.3 Å². The van der Waals surface area contributed by atoms with Crippen molar-refractivity contribution in [3.8, 4) is 0 Å². The number of anilines is 1. The Kier molecular flexibility index (Phi) is 7.24. The van der Waals surface area contributed by atoms with E-state index in [1.54, 1.807) is 12.1 Å². The maximum absolute atomic E-state index is 13.2. The average molecular weight is 505 g/mol. The second-order valence-corrected chi connectivity index (χ2v) is 10.4. The first kappa shape index (κ1) is 24.5. The van der Waals surface area contributed by atoms with E-state index in [1.807, 2.05) is 68.4 Å². The number of sulfonamides is 1. The third-order valence-electron chi connectivity index (χ3n) is 5.62. The fourth-order valence-electron chi connectivity index (χ4n) is 3.67. The first-order valence-electron chi connectivity index (χ1n) is 11.0. The van der Waals surface area contributed by atoms with Crippen molar-refractivity contribution in [1.82, 2.24) is 5.32 Å². The van der Waals surface area contributed by atoms with Crippen LogP contribution in [0.25, 0.3) is 0 Å². The van der Waals surface area contributed by atoms with Crippen molar-refractivity contribution < 1.29 is 13.2 Å². The quantitative estimate of drug-likeness (QED) is 0.311. The molecule has 178 valence electrons. The van der Waals surface area contributed by atoms with Crippen LogP contribution < -0.4 is 10.0 Å². The maximum atomic E-state index is 13.2. The maximum Gasteiger partial charge on any atom is 0.261 e. The molecule has 2 N–H and O–H groups in total. The standard InChI is InChI=1S/C28H25ClN2O3S/c1-19-8-12-22(13-9-19)27(21-6-4-3-5-7-21)30-28(32)25-17-14-23(18-26(25)29)31-35(33,34)24-15-10-20(2)11-16-24/h3-18,27,31H,1-2H3,(H,30,32)/t27-/m0/s1. The highest BCUT2D eigenvalue weighted by Crippen LogP contribution is 2.27. The molecule has 7 heteroatoms. The number of carbonyl (C=O) groups is 1. The minimum Gasteiger partial charge on any atom is -0.341 e. The molecule has 5 nitrogen and oxygen atoms in total. The first-order chi connectivity index (χ1) is 16.7. The number of aryl methyl sites for hydroxylation is 2. The average Bonchev–Trinajstić information content (AvgIpc) is 2.84. The molecular formula is C28H25ClN2O3S. The summed E-state index contributed by atoms with van der Waals surface area (Å²) in [6.07, 6.45) is 0. The zero-order valence-electron chi connectivity index (χ0n) is 19.3. The zero-order valence-corrected chi connectivity index (χ0v) is 20.9. The highest BCUT2D eigenvalue weighted by molar-refractivity contribution is 7.92. The Morgan fingerprint density at radius 1 is 0.771 bits per heavy atom. The van der Waals surface area contributed by atoms with E-state index in [0.717, 1.165) is 22.3 Å². The lowest BCUT2D eigenvalue weighted by Gasteiger charge is -2.21. The van der Waals surface area contributed by atoms with Gasteiger partial charge in [0.1, 0.15) is 0 Å². The Morgan fingerprint density at radius 2 is 1.34 bits per heavy atom. The molecule has 1 amide bonds. The van der Waals surface area contributed by atoms with E-state index in [-0.39, 0.29) is 33.1 Å². The van der Waals surface area contributed by atoms with Gasteiger partial charge in [0.05, 0.1) is 27.2 Å². The summed E-state index contributed by atoms with van der Waals surface area (Å²) < 4.78 is 27.9. The van der Waals surface area contributed by atoms with Crippen molar-refractivity contribution in [2.45, 2.75) is 24.8 Å². The van der Waals surface area contributed by atoms with Crippen LogP contribution in [0.3, 0.4) is 0 Å². The molecule has 0 saturated carbocycles. The summed E-state index contributed by atoms with van der Waals surface area (Å²) in [6.45, 7) is 3.89. The fraction of sp³-hybridized carbons (Fsp3) is 0.107. The van der Waals surface area contributed by atoms with Crippen LogP contribution in [0.15, 0.2) is 102 Å².